The van der Waals surface area contributed by atoms with Crippen molar-refractivity contribution in [3.8, 4) is 0 Å². The zero-order valence-corrected chi connectivity index (χ0v) is 7.38. The summed E-state index contributed by atoms with van der Waals surface area (Å²) in [5.41, 5.74) is 0. The molecular weight excluding hydrogens is 136 g/mol. The molecule has 1 rings (SSSR count). The molecule has 0 bridgehead atoms. The van der Waals surface area contributed by atoms with E-state index in [0.717, 1.165) is 12.5 Å². The summed E-state index contributed by atoms with van der Waals surface area (Å²) in [5.74, 6) is 0.846. The smallest absolute Gasteiger partial charge is 0.0643 e. The Bertz CT molecular complexity index is 112. The fourth-order valence-corrected chi connectivity index (χ4v) is 1.67. The van der Waals surface area contributed by atoms with E-state index < -0.39 is 0 Å². The molecule has 1 heteroatoms. The van der Waals surface area contributed by atoms with Gasteiger partial charge in [-0.2, -0.15) is 0 Å². The maximum Gasteiger partial charge on any atom is 0.0643 e. The van der Waals surface area contributed by atoms with Gasteiger partial charge >= 0.3 is 0 Å². The van der Waals surface area contributed by atoms with Gasteiger partial charge in [0.05, 0.1) is 6.61 Å². The molecule has 0 amide bonds. The van der Waals surface area contributed by atoms with Crippen LogP contribution in [-0.2, 0) is 4.74 Å². The maximum absolute atomic E-state index is 4.95. The summed E-state index contributed by atoms with van der Waals surface area (Å²) in [7, 11) is 1.74. The van der Waals surface area contributed by atoms with E-state index in [1.165, 1.54) is 32.1 Å². The Morgan fingerprint density at radius 1 is 1.27 bits per heavy atom. The molecule has 0 radical (unpaired) electrons. The van der Waals surface area contributed by atoms with Crippen LogP contribution in [0.1, 0.15) is 32.1 Å². The molecule has 0 saturated heterocycles. The van der Waals surface area contributed by atoms with Crippen LogP contribution in [0.2, 0.25) is 0 Å². The summed E-state index contributed by atoms with van der Waals surface area (Å²) >= 11 is 0. The summed E-state index contributed by atoms with van der Waals surface area (Å²) in [4.78, 5) is 0. The van der Waals surface area contributed by atoms with Crippen LogP contribution in [0.25, 0.3) is 0 Å². The molecular formula is C10H18O. The molecule has 1 saturated carbocycles. The first-order chi connectivity index (χ1) is 5.43. The topological polar surface area (TPSA) is 9.23 Å². The van der Waals surface area contributed by atoms with Crippen molar-refractivity contribution in [1.82, 2.24) is 0 Å². The molecule has 11 heavy (non-hydrogen) atoms. The molecule has 1 fully saturated rings. The Morgan fingerprint density at radius 2 is 2.00 bits per heavy atom. The summed E-state index contributed by atoms with van der Waals surface area (Å²) in [6.07, 6.45) is 11.5. The number of hydrogen-bond acceptors (Lipinski definition) is 1. The quantitative estimate of drug-likeness (QED) is 0.568. The Kier molecular flexibility index (Phi) is 4.29. The van der Waals surface area contributed by atoms with Gasteiger partial charge in [0.2, 0.25) is 0 Å². The molecule has 0 aromatic carbocycles. The summed E-state index contributed by atoms with van der Waals surface area (Å²) in [6, 6.07) is 0. The fraction of sp³-hybridized carbons (Fsp3) is 0.800. The van der Waals surface area contributed by atoms with Crippen molar-refractivity contribution in [2.45, 2.75) is 32.1 Å². The molecule has 0 unspecified atom stereocenters. The first-order valence-corrected chi connectivity index (χ1v) is 4.59. The lowest BCUT2D eigenvalue weighted by molar-refractivity contribution is 0.233. The average molecular weight is 154 g/mol. The van der Waals surface area contributed by atoms with Crippen molar-refractivity contribution in [3.63, 3.8) is 0 Å². The van der Waals surface area contributed by atoms with Crippen molar-refractivity contribution in [2.75, 3.05) is 13.7 Å². The van der Waals surface area contributed by atoms with Gasteiger partial charge in [0.25, 0.3) is 0 Å². The van der Waals surface area contributed by atoms with Gasteiger partial charge in [-0.25, -0.2) is 0 Å². The normalized spacial score (nSPS) is 21.2. The third kappa shape index (κ3) is 3.57. The Hall–Kier alpha value is -0.300. The van der Waals surface area contributed by atoms with E-state index in [1.54, 1.807) is 7.11 Å². The third-order valence-corrected chi connectivity index (χ3v) is 2.32. The van der Waals surface area contributed by atoms with Gasteiger partial charge < -0.3 is 4.74 Å². The highest BCUT2D eigenvalue weighted by Crippen LogP contribution is 2.24. The van der Waals surface area contributed by atoms with E-state index in [2.05, 4.69) is 12.2 Å². The van der Waals surface area contributed by atoms with E-state index in [9.17, 15) is 0 Å². The number of allylic oxidation sites excluding steroid dienone is 1. The van der Waals surface area contributed by atoms with Gasteiger partial charge in [0.1, 0.15) is 0 Å². The lowest BCUT2D eigenvalue weighted by Crippen LogP contribution is -2.02. The van der Waals surface area contributed by atoms with Crippen LogP contribution in [0.3, 0.4) is 0 Å². The lowest BCUT2D eigenvalue weighted by atomic mass is 9.89. The van der Waals surface area contributed by atoms with Crippen molar-refractivity contribution >= 4 is 0 Å². The van der Waals surface area contributed by atoms with Crippen molar-refractivity contribution < 1.29 is 4.74 Å². The van der Waals surface area contributed by atoms with Crippen LogP contribution < -0.4 is 0 Å². The number of methoxy groups -OCH3 is 1. The second-order valence-electron chi connectivity index (χ2n) is 3.28. The Balaban J connectivity index is 2.13. The number of hydrogen-bond donors (Lipinski definition) is 0. The van der Waals surface area contributed by atoms with Crippen LogP contribution in [0.15, 0.2) is 12.2 Å². The second-order valence-corrected chi connectivity index (χ2v) is 3.28. The fourth-order valence-electron chi connectivity index (χ4n) is 1.67. The maximum atomic E-state index is 4.95. The molecule has 0 aliphatic heterocycles. The summed E-state index contributed by atoms with van der Waals surface area (Å²) in [6.45, 7) is 0.774. The molecule has 1 aliphatic rings. The molecule has 0 spiro atoms. The Morgan fingerprint density at radius 3 is 2.64 bits per heavy atom. The minimum Gasteiger partial charge on any atom is -0.381 e. The number of rotatable bonds is 3. The third-order valence-electron chi connectivity index (χ3n) is 2.32. The van der Waals surface area contributed by atoms with E-state index in [-0.39, 0.29) is 0 Å². The van der Waals surface area contributed by atoms with E-state index in [1.807, 2.05) is 0 Å². The second kappa shape index (κ2) is 5.36. The lowest BCUT2D eigenvalue weighted by Gasteiger charge is -2.17. The van der Waals surface area contributed by atoms with Gasteiger partial charge in [-0.15, -0.1) is 0 Å². The van der Waals surface area contributed by atoms with Crippen molar-refractivity contribution in [3.05, 3.63) is 12.2 Å². The van der Waals surface area contributed by atoms with E-state index in [4.69, 9.17) is 4.74 Å². The minimum atomic E-state index is 0.774. The summed E-state index contributed by atoms with van der Waals surface area (Å²) in [5, 5.41) is 0. The largest absolute Gasteiger partial charge is 0.381 e. The average Bonchev–Trinajstić information content (AvgIpc) is 2.07. The molecule has 0 aromatic rings. The molecule has 0 N–H and O–H groups in total. The van der Waals surface area contributed by atoms with Gasteiger partial charge in [-0.1, -0.05) is 31.4 Å². The molecule has 0 atom stereocenters. The molecule has 0 aromatic heterocycles. The van der Waals surface area contributed by atoms with Crippen molar-refractivity contribution in [1.29, 1.82) is 0 Å². The predicted octanol–water partition coefficient (Wildman–Crippen LogP) is 2.77. The van der Waals surface area contributed by atoms with Crippen LogP contribution in [0, 0.1) is 5.92 Å². The minimum absolute atomic E-state index is 0.774. The molecule has 0 heterocycles. The van der Waals surface area contributed by atoms with Crippen molar-refractivity contribution in [2.24, 2.45) is 5.92 Å². The highest BCUT2D eigenvalue weighted by molar-refractivity contribution is 4.89. The van der Waals surface area contributed by atoms with Crippen LogP contribution in [-0.4, -0.2) is 13.7 Å². The molecule has 1 aliphatic carbocycles. The predicted molar refractivity (Wildman–Crippen MR) is 47.6 cm³/mol. The first-order valence-electron chi connectivity index (χ1n) is 4.59. The van der Waals surface area contributed by atoms with Gasteiger partial charge in [-0.3, -0.25) is 0 Å². The molecule has 64 valence electrons. The van der Waals surface area contributed by atoms with Gasteiger partial charge in [-0.05, 0) is 18.8 Å². The monoisotopic (exact) mass is 154 g/mol. The highest BCUT2D eigenvalue weighted by atomic mass is 16.5. The summed E-state index contributed by atoms with van der Waals surface area (Å²) < 4.78 is 4.95. The first kappa shape index (κ1) is 8.79. The Labute approximate surface area is 69.4 Å². The number of ether oxygens (including phenoxy) is 1. The zero-order chi connectivity index (χ0) is 7.94. The zero-order valence-electron chi connectivity index (χ0n) is 7.38. The molecule has 1 nitrogen and oxygen atoms in total. The standard InChI is InChI=1S/C10H18O/c1-11-9-5-8-10-6-3-2-4-7-10/h5,8,10H,2-4,6-7,9H2,1H3/b8-5-. The van der Waals surface area contributed by atoms with Crippen LogP contribution >= 0.6 is 0 Å². The van der Waals surface area contributed by atoms with Crippen LogP contribution in [0.4, 0.5) is 0 Å². The van der Waals surface area contributed by atoms with Crippen LogP contribution in [0.5, 0.6) is 0 Å². The van der Waals surface area contributed by atoms with Gasteiger partial charge in [0, 0.05) is 7.11 Å². The van der Waals surface area contributed by atoms with Gasteiger partial charge in [0.15, 0.2) is 0 Å². The SMILES string of the molecule is COC/C=C\C1CCCCC1. The highest BCUT2D eigenvalue weighted by Gasteiger charge is 2.08. The van der Waals surface area contributed by atoms with E-state index >= 15 is 0 Å². The van der Waals surface area contributed by atoms with E-state index in [0.29, 0.717) is 0 Å².